The number of nitrogens with two attached hydrogens (primary N) is 1. The molecule has 1 aromatic heterocycles. The van der Waals surface area contributed by atoms with E-state index in [1.54, 1.807) is 12.1 Å². The van der Waals surface area contributed by atoms with Gasteiger partial charge in [0.2, 0.25) is 17.8 Å². The van der Waals surface area contributed by atoms with Gasteiger partial charge in [0.25, 0.3) is 0 Å². The molecule has 0 spiro atoms. The van der Waals surface area contributed by atoms with E-state index < -0.39 is 0 Å². The molecule has 2 aromatic carbocycles. The van der Waals surface area contributed by atoms with Gasteiger partial charge in [-0.15, -0.1) is 11.8 Å². The number of hydrogen-bond donors (Lipinski definition) is 3. The molecule has 0 saturated carbocycles. The lowest BCUT2D eigenvalue weighted by atomic mass is 10.2. The summed E-state index contributed by atoms with van der Waals surface area (Å²) in [6, 6.07) is 14.8. The minimum Gasteiger partial charge on any atom is -0.368 e. The van der Waals surface area contributed by atoms with E-state index in [9.17, 15) is 4.79 Å². The smallest absolute Gasteiger partial charge is 0.237 e. The maximum Gasteiger partial charge on any atom is 0.237 e. The summed E-state index contributed by atoms with van der Waals surface area (Å²) in [6.07, 6.45) is 0. The number of amides is 1. The molecule has 1 amide bonds. The summed E-state index contributed by atoms with van der Waals surface area (Å²) in [5, 5.41) is 6.34. The van der Waals surface area contributed by atoms with Gasteiger partial charge in [-0.2, -0.15) is 15.0 Å². The van der Waals surface area contributed by atoms with Gasteiger partial charge in [-0.05, 0) is 55.8 Å². The highest BCUT2D eigenvalue weighted by Crippen LogP contribution is 2.21. The Kier molecular flexibility index (Phi) is 6.90. The van der Waals surface area contributed by atoms with Crippen LogP contribution in [0.1, 0.15) is 18.3 Å². The highest BCUT2D eigenvalue weighted by Gasteiger charge is 2.15. The molecule has 0 aliphatic heterocycles. The number of rotatable bonds is 7. The summed E-state index contributed by atoms with van der Waals surface area (Å²) in [4.78, 5) is 25.1. The molecular formula is C20H21ClN6OS. The second-order valence-corrected chi connectivity index (χ2v) is 8.14. The number of halogens is 1. The fourth-order valence-corrected chi connectivity index (χ4v) is 3.33. The van der Waals surface area contributed by atoms with E-state index in [0.29, 0.717) is 22.5 Å². The van der Waals surface area contributed by atoms with Crippen LogP contribution in [-0.2, 0) is 10.5 Å². The van der Waals surface area contributed by atoms with Crippen molar-refractivity contribution in [2.45, 2.75) is 24.9 Å². The third kappa shape index (κ3) is 6.33. The lowest BCUT2D eigenvalue weighted by molar-refractivity contribution is -0.115. The Morgan fingerprint density at radius 2 is 1.90 bits per heavy atom. The SMILES string of the molecule is Cc1cccc(NC(=O)C(C)SCc2nc(N)nc(Nc3ccc(Cl)cc3)n2)c1. The van der Waals surface area contributed by atoms with E-state index in [0.717, 1.165) is 16.9 Å². The normalized spacial score (nSPS) is 11.7. The summed E-state index contributed by atoms with van der Waals surface area (Å²) in [5.41, 5.74) is 8.46. The standard InChI is InChI=1S/C20H21ClN6OS/c1-12-4-3-5-16(10-12)23-18(28)13(2)29-11-17-25-19(22)27-20(26-17)24-15-8-6-14(21)7-9-15/h3-10,13H,11H2,1-2H3,(H,23,28)(H3,22,24,25,26,27). The second kappa shape index (κ2) is 9.58. The number of thioether (sulfide) groups is 1. The maximum absolute atomic E-state index is 12.4. The zero-order valence-corrected chi connectivity index (χ0v) is 17.6. The number of carbonyl (C=O) groups excluding carboxylic acids is 1. The molecule has 7 nitrogen and oxygen atoms in total. The van der Waals surface area contributed by atoms with Gasteiger partial charge >= 0.3 is 0 Å². The predicted octanol–water partition coefficient (Wildman–Crippen LogP) is 4.42. The van der Waals surface area contributed by atoms with Crippen LogP contribution in [0.4, 0.5) is 23.3 Å². The molecule has 0 bridgehead atoms. The van der Waals surface area contributed by atoms with Gasteiger partial charge in [0.1, 0.15) is 5.82 Å². The Bertz CT molecular complexity index is 999. The summed E-state index contributed by atoms with van der Waals surface area (Å²) in [7, 11) is 0. The lowest BCUT2D eigenvalue weighted by Crippen LogP contribution is -2.22. The molecule has 0 saturated heterocycles. The summed E-state index contributed by atoms with van der Waals surface area (Å²) >= 11 is 7.32. The van der Waals surface area contributed by atoms with Crippen molar-refractivity contribution in [3.8, 4) is 0 Å². The van der Waals surface area contributed by atoms with E-state index in [4.69, 9.17) is 17.3 Å². The van der Waals surface area contributed by atoms with Crippen molar-refractivity contribution in [2.24, 2.45) is 0 Å². The van der Waals surface area contributed by atoms with Crippen molar-refractivity contribution in [1.29, 1.82) is 0 Å². The van der Waals surface area contributed by atoms with E-state index in [-0.39, 0.29) is 17.1 Å². The zero-order chi connectivity index (χ0) is 20.8. The Hall–Kier alpha value is -2.84. The molecule has 29 heavy (non-hydrogen) atoms. The fraction of sp³-hybridized carbons (Fsp3) is 0.200. The first-order chi connectivity index (χ1) is 13.9. The van der Waals surface area contributed by atoms with Crippen LogP contribution in [0.3, 0.4) is 0 Å². The number of aromatic nitrogens is 3. The van der Waals surface area contributed by atoms with Gasteiger partial charge in [-0.3, -0.25) is 4.79 Å². The van der Waals surface area contributed by atoms with Gasteiger partial charge in [0.15, 0.2) is 0 Å². The van der Waals surface area contributed by atoms with Crippen molar-refractivity contribution in [3.05, 3.63) is 64.9 Å². The predicted molar refractivity (Wildman–Crippen MR) is 120 cm³/mol. The zero-order valence-electron chi connectivity index (χ0n) is 16.0. The summed E-state index contributed by atoms with van der Waals surface area (Å²) in [6.45, 7) is 3.82. The second-order valence-electron chi connectivity index (χ2n) is 6.38. The number of carbonyl (C=O) groups is 1. The van der Waals surface area contributed by atoms with E-state index in [2.05, 4.69) is 25.6 Å². The largest absolute Gasteiger partial charge is 0.368 e. The number of nitrogens with one attached hydrogen (secondary N) is 2. The van der Waals surface area contributed by atoms with E-state index in [1.807, 2.05) is 50.2 Å². The highest BCUT2D eigenvalue weighted by molar-refractivity contribution is 7.99. The first kappa shape index (κ1) is 20.9. The van der Waals surface area contributed by atoms with Gasteiger partial charge < -0.3 is 16.4 Å². The molecule has 9 heteroatoms. The van der Waals surface area contributed by atoms with Crippen LogP contribution in [0.2, 0.25) is 5.02 Å². The molecule has 1 heterocycles. The quantitative estimate of drug-likeness (QED) is 0.511. The number of anilines is 4. The number of nitrogens with zero attached hydrogens (tertiary/aromatic N) is 3. The van der Waals surface area contributed by atoms with Crippen LogP contribution in [0, 0.1) is 6.92 Å². The Labute approximate surface area is 178 Å². The molecule has 0 fully saturated rings. The molecule has 3 aromatic rings. The van der Waals surface area contributed by atoms with Gasteiger partial charge in [0, 0.05) is 16.4 Å². The van der Waals surface area contributed by atoms with Crippen molar-refractivity contribution < 1.29 is 4.79 Å². The van der Waals surface area contributed by atoms with E-state index >= 15 is 0 Å². The summed E-state index contributed by atoms with van der Waals surface area (Å²) in [5.74, 6) is 1.29. The van der Waals surface area contributed by atoms with Crippen LogP contribution in [0.15, 0.2) is 48.5 Å². The highest BCUT2D eigenvalue weighted by atomic mass is 35.5. The van der Waals surface area contributed by atoms with Gasteiger partial charge in [-0.1, -0.05) is 23.7 Å². The monoisotopic (exact) mass is 428 g/mol. The van der Waals surface area contributed by atoms with Gasteiger partial charge in [-0.25, -0.2) is 0 Å². The van der Waals surface area contributed by atoms with Crippen molar-refractivity contribution in [2.75, 3.05) is 16.4 Å². The molecule has 0 radical (unpaired) electrons. The van der Waals surface area contributed by atoms with Crippen LogP contribution in [0.25, 0.3) is 0 Å². The van der Waals surface area contributed by atoms with Crippen LogP contribution in [-0.4, -0.2) is 26.1 Å². The Balaban J connectivity index is 1.60. The van der Waals surface area contributed by atoms with Crippen molar-refractivity contribution >= 4 is 52.5 Å². The minimum absolute atomic E-state index is 0.0814. The maximum atomic E-state index is 12.4. The number of aryl methyl sites for hydroxylation is 1. The topological polar surface area (TPSA) is 106 Å². The van der Waals surface area contributed by atoms with E-state index in [1.165, 1.54) is 11.8 Å². The molecule has 150 valence electrons. The van der Waals surface area contributed by atoms with Gasteiger partial charge in [0.05, 0.1) is 11.0 Å². The molecule has 4 N–H and O–H groups in total. The van der Waals surface area contributed by atoms with Crippen LogP contribution < -0.4 is 16.4 Å². The molecule has 0 aliphatic carbocycles. The third-order valence-corrected chi connectivity index (χ3v) is 5.31. The Morgan fingerprint density at radius 1 is 1.14 bits per heavy atom. The average Bonchev–Trinajstić information content (AvgIpc) is 2.67. The Morgan fingerprint density at radius 3 is 2.62 bits per heavy atom. The molecular weight excluding hydrogens is 408 g/mol. The molecule has 1 atom stereocenters. The first-order valence-corrected chi connectivity index (χ1v) is 10.3. The van der Waals surface area contributed by atoms with Crippen molar-refractivity contribution in [3.63, 3.8) is 0 Å². The fourth-order valence-electron chi connectivity index (χ4n) is 2.46. The number of nitrogen functional groups attached to an aromatic ring is 1. The average molecular weight is 429 g/mol. The van der Waals surface area contributed by atoms with Crippen LogP contribution in [0.5, 0.6) is 0 Å². The lowest BCUT2D eigenvalue weighted by Gasteiger charge is -2.12. The molecule has 0 aliphatic rings. The molecule has 1 unspecified atom stereocenters. The first-order valence-electron chi connectivity index (χ1n) is 8.91. The molecule has 3 rings (SSSR count). The number of benzene rings is 2. The minimum atomic E-state index is -0.291. The van der Waals surface area contributed by atoms with Crippen molar-refractivity contribution in [1.82, 2.24) is 15.0 Å². The third-order valence-electron chi connectivity index (χ3n) is 3.92. The summed E-state index contributed by atoms with van der Waals surface area (Å²) < 4.78 is 0. The van der Waals surface area contributed by atoms with Crippen LogP contribution >= 0.6 is 23.4 Å². The number of hydrogen-bond acceptors (Lipinski definition) is 7.